The molecule has 1 fully saturated rings. The standard InChI is InChI=1S/C18H20N4O2S/c1-11-8-17(20-10-19-11)24-12-6-7-14-16(9-12)25-18(22-14)21-13-4-2-3-5-15(13)23/h6-10,13,15,23H,2-5H2,1H3,(H,21,22)/t13?,15-/m1/s1. The van der Waals surface area contributed by atoms with Crippen LogP contribution in [0.15, 0.2) is 30.6 Å². The second kappa shape index (κ2) is 6.93. The summed E-state index contributed by atoms with van der Waals surface area (Å²) >= 11 is 1.57. The van der Waals surface area contributed by atoms with E-state index in [1.165, 1.54) is 6.33 Å². The predicted octanol–water partition coefficient (Wildman–Crippen LogP) is 3.90. The minimum atomic E-state index is -0.291. The summed E-state index contributed by atoms with van der Waals surface area (Å²) in [6.45, 7) is 1.90. The summed E-state index contributed by atoms with van der Waals surface area (Å²) in [5, 5.41) is 14.4. The molecule has 1 aliphatic carbocycles. The van der Waals surface area contributed by atoms with Gasteiger partial charge in [0.25, 0.3) is 0 Å². The molecule has 1 aromatic carbocycles. The van der Waals surface area contributed by atoms with E-state index in [2.05, 4.69) is 20.3 Å². The molecule has 0 spiro atoms. The maximum Gasteiger partial charge on any atom is 0.222 e. The number of thiazole rings is 1. The van der Waals surface area contributed by atoms with Crippen molar-refractivity contribution in [1.29, 1.82) is 0 Å². The summed E-state index contributed by atoms with van der Waals surface area (Å²) in [4.78, 5) is 12.8. The highest BCUT2D eigenvalue weighted by Crippen LogP contribution is 2.32. The molecule has 130 valence electrons. The van der Waals surface area contributed by atoms with Crippen molar-refractivity contribution in [3.8, 4) is 11.6 Å². The Bertz CT molecular complexity index is 882. The van der Waals surface area contributed by atoms with E-state index in [4.69, 9.17) is 4.74 Å². The van der Waals surface area contributed by atoms with Gasteiger partial charge in [-0.2, -0.15) is 0 Å². The van der Waals surface area contributed by atoms with E-state index in [9.17, 15) is 5.11 Å². The second-order valence-electron chi connectivity index (χ2n) is 6.35. The van der Waals surface area contributed by atoms with Gasteiger partial charge in [-0.25, -0.2) is 15.0 Å². The molecule has 2 atom stereocenters. The van der Waals surface area contributed by atoms with Gasteiger partial charge in [-0.3, -0.25) is 0 Å². The lowest BCUT2D eigenvalue weighted by atomic mass is 9.93. The van der Waals surface area contributed by atoms with Crippen molar-refractivity contribution in [3.05, 3.63) is 36.3 Å². The Labute approximate surface area is 149 Å². The number of rotatable bonds is 4. The van der Waals surface area contributed by atoms with Gasteiger partial charge in [-0.05, 0) is 31.9 Å². The lowest BCUT2D eigenvalue weighted by Gasteiger charge is -2.27. The Morgan fingerprint density at radius 2 is 2.08 bits per heavy atom. The number of aromatic nitrogens is 3. The van der Waals surface area contributed by atoms with Gasteiger partial charge in [0.2, 0.25) is 5.88 Å². The molecule has 1 aliphatic rings. The Balaban J connectivity index is 1.52. The summed E-state index contributed by atoms with van der Waals surface area (Å²) < 4.78 is 6.85. The normalized spacial score (nSPS) is 20.6. The van der Waals surface area contributed by atoms with Crippen molar-refractivity contribution in [2.45, 2.75) is 44.8 Å². The number of nitrogens with zero attached hydrogens (tertiary/aromatic N) is 3. The van der Waals surface area contributed by atoms with Crippen molar-refractivity contribution >= 4 is 26.7 Å². The van der Waals surface area contributed by atoms with Crippen molar-refractivity contribution in [2.75, 3.05) is 5.32 Å². The lowest BCUT2D eigenvalue weighted by Crippen LogP contribution is -2.36. The first kappa shape index (κ1) is 16.2. The minimum absolute atomic E-state index is 0.0917. The molecule has 0 radical (unpaired) electrons. The molecule has 0 bridgehead atoms. The minimum Gasteiger partial charge on any atom is -0.439 e. The van der Waals surface area contributed by atoms with Gasteiger partial charge in [0.05, 0.1) is 22.4 Å². The molecular weight excluding hydrogens is 336 g/mol. The number of anilines is 1. The summed E-state index contributed by atoms with van der Waals surface area (Å²) in [6.07, 6.45) is 5.30. The van der Waals surface area contributed by atoms with Gasteiger partial charge in [0.1, 0.15) is 12.1 Å². The highest BCUT2D eigenvalue weighted by Gasteiger charge is 2.23. The third-order valence-electron chi connectivity index (χ3n) is 4.40. The molecule has 6 nitrogen and oxygen atoms in total. The van der Waals surface area contributed by atoms with Gasteiger partial charge in [-0.1, -0.05) is 24.2 Å². The van der Waals surface area contributed by atoms with E-state index < -0.39 is 0 Å². The third kappa shape index (κ3) is 3.72. The maximum atomic E-state index is 10.1. The van der Waals surface area contributed by atoms with Crippen molar-refractivity contribution < 1.29 is 9.84 Å². The second-order valence-corrected chi connectivity index (χ2v) is 7.38. The molecule has 0 saturated heterocycles. The molecule has 25 heavy (non-hydrogen) atoms. The molecular formula is C18H20N4O2S. The fraction of sp³-hybridized carbons (Fsp3) is 0.389. The number of hydrogen-bond donors (Lipinski definition) is 2. The van der Waals surface area contributed by atoms with Crippen molar-refractivity contribution in [1.82, 2.24) is 15.0 Å². The molecule has 1 unspecified atom stereocenters. The first-order chi connectivity index (χ1) is 12.2. The van der Waals surface area contributed by atoms with Crippen LogP contribution >= 0.6 is 11.3 Å². The number of fused-ring (bicyclic) bond motifs is 1. The Hall–Kier alpha value is -2.25. The van der Waals surface area contributed by atoms with Crippen LogP contribution < -0.4 is 10.1 Å². The Kier molecular flexibility index (Phi) is 4.50. The van der Waals surface area contributed by atoms with Crippen LogP contribution in [0.5, 0.6) is 11.6 Å². The maximum absolute atomic E-state index is 10.1. The molecule has 2 heterocycles. The Morgan fingerprint density at radius 3 is 2.92 bits per heavy atom. The summed E-state index contributed by atoms with van der Waals surface area (Å²) in [5.74, 6) is 1.25. The number of benzene rings is 1. The number of hydrogen-bond acceptors (Lipinski definition) is 7. The average Bonchev–Trinajstić information content (AvgIpc) is 2.99. The van der Waals surface area contributed by atoms with Crippen LogP contribution in [0, 0.1) is 6.92 Å². The van der Waals surface area contributed by atoms with Gasteiger partial charge in [-0.15, -0.1) is 0 Å². The zero-order chi connectivity index (χ0) is 17.2. The summed E-state index contributed by atoms with van der Waals surface area (Å²) in [5.41, 5.74) is 1.78. The van der Waals surface area contributed by atoms with Gasteiger partial charge < -0.3 is 15.2 Å². The van der Waals surface area contributed by atoms with Crippen LogP contribution in [-0.2, 0) is 0 Å². The zero-order valence-electron chi connectivity index (χ0n) is 14.0. The molecule has 7 heteroatoms. The number of ether oxygens (including phenoxy) is 1. The monoisotopic (exact) mass is 356 g/mol. The highest BCUT2D eigenvalue weighted by atomic mass is 32.1. The van der Waals surface area contributed by atoms with Gasteiger partial charge in [0, 0.05) is 17.8 Å². The molecule has 4 rings (SSSR count). The SMILES string of the molecule is Cc1cc(Oc2ccc3nc(NC4CCCC[C@H]4O)sc3c2)ncn1. The summed E-state index contributed by atoms with van der Waals surface area (Å²) in [7, 11) is 0. The van der Waals surface area contributed by atoms with E-state index >= 15 is 0 Å². The quantitative estimate of drug-likeness (QED) is 0.738. The van der Waals surface area contributed by atoms with Crippen LogP contribution in [-0.4, -0.2) is 32.2 Å². The van der Waals surface area contributed by atoms with Crippen LogP contribution in [0.1, 0.15) is 31.4 Å². The van der Waals surface area contributed by atoms with E-state index in [0.717, 1.165) is 52.5 Å². The lowest BCUT2D eigenvalue weighted by molar-refractivity contribution is 0.116. The molecule has 1 saturated carbocycles. The molecule has 2 N–H and O–H groups in total. The predicted molar refractivity (Wildman–Crippen MR) is 98.3 cm³/mol. The molecule has 2 aromatic heterocycles. The van der Waals surface area contributed by atoms with Crippen LogP contribution in [0.4, 0.5) is 5.13 Å². The highest BCUT2D eigenvalue weighted by molar-refractivity contribution is 7.22. The summed E-state index contributed by atoms with van der Waals surface area (Å²) in [6, 6.07) is 7.69. The van der Waals surface area contributed by atoms with E-state index in [0.29, 0.717) is 5.88 Å². The van der Waals surface area contributed by atoms with Crippen LogP contribution in [0.2, 0.25) is 0 Å². The van der Waals surface area contributed by atoms with Crippen molar-refractivity contribution in [3.63, 3.8) is 0 Å². The smallest absolute Gasteiger partial charge is 0.222 e. The van der Waals surface area contributed by atoms with Crippen LogP contribution in [0.3, 0.4) is 0 Å². The fourth-order valence-corrected chi connectivity index (χ4v) is 4.03. The molecule has 3 aromatic rings. The van der Waals surface area contributed by atoms with Crippen LogP contribution in [0.25, 0.3) is 10.2 Å². The number of nitrogens with one attached hydrogen (secondary N) is 1. The van der Waals surface area contributed by atoms with Crippen molar-refractivity contribution in [2.24, 2.45) is 0 Å². The molecule has 0 aliphatic heterocycles. The topological polar surface area (TPSA) is 80.2 Å². The molecule has 0 amide bonds. The van der Waals surface area contributed by atoms with E-state index in [-0.39, 0.29) is 12.1 Å². The van der Waals surface area contributed by atoms with Gasteiger partial charge >= 0.3 is 0 Å². The number of aryl methyl sites for hydroxylation is 1. The fourth-order valence-electron chi connectivity index (χ4n) is 3.08. The largest absolute Gasteiger partial charge is 0.439 e. The number of aliphatic hydroxyl groups is 1. The number of aliphatic hydroxyl groups excluding tert-OH is 1. The average molecular weight is 356 g/mol. The first-order valence-corrected chi connectivity index (χ1v) is 9.31. The first-order valence-electron chi connectivity index (χ1n) is 8.49. The zero-order valence-corrected chi connectivity index (χ0v) is 14.8. The van der Waals surface area contributed by atoms with E-state index in [1.54, 1.807) is 17.4 Å². The Morgan fingerprint density at radius 1 is 1.20 bits per heavy atom. The van der Waals surface area contributed by atoms with E-state index in [1.807, 2.05) is 25.1 Å². The third-order valence-corrected chi connectivity index (χ3v) is 5.35. The van der Waals surface area contributed by atoms with Gasteiger partial charge in [0.15, 0.2) is 5.13 Å².